The number of halogens is 3. The maximum Gasteiger partial charge on any atom is 0.422 e. The molecular weight excluding hydrogens is 359 g/mol. The first-order valence-corrected chi connectivity index (χ1v) is 8.73. The third kappa shape index (κ3) is 8.84. The third-order valence-electron chi connectivity index (χ3n) is 3.31. The minimum absolute atomic E-state index is 0.0714. The Balaban J connectivity index is 3.13. The van der Waals surface area contributed by atoms with Gasteiger partial charge in [-0.25, -0.2) is 4.79 Å². The van der Waals surface area contributed by atoms with Gasteiger partial charge >= 0.3 is 12.3 Å². The van der Waals surface area contributed by atoms with Gasteiger partial charge in [-0.3, -0.25) is 0 Å². The summed E-state index contributed by atoms with van der Waals surface area (Å²) in [6.07, 6.45) is -3.39. The second-order valence-electron chi connectivity index (χ2n) is 7.73. The molecule has 4 nitrogen and oxygen atoms in total. The maximum atomic E-state index is 12.5. The summed E-state index contributed by atoms with van der Waals surface area (Å²) in [7, 11) is 0. The summed E-state index contributed by atoms with van der Waals surface area (Å²) in [5.41, 5.74) is 0.506. The van der Waals surface area contributed by atoms with Crippen molar-refractivity contribution in [3.8, 4) is 5.75 Å². The molecule has 0 saturated heterocycles. The Labute approximate surface area is 158 Å². The lowest BCUT2D eigenvalue weighted by Crippen LogP contribution is -2.38. The standard InChI is InChI=1S/C20H28F3NO3/c1-7-15-8-9-17(26-13-20(21,22)23)16(10-15)12-24(11-14(2)3)18(25)27-19(4,5)6/h7-10,14H,1,11-13H2,2-6H3. The first-order valence-electron chi connectivity index (χ1n) is 8.73. The van der Waals surface area contributed by atoms with E-state index in [0.29, 0.717) is 12.1 Å². The highest BCUT2D eigenvalue weighted by Gasteiger charge is 2.29. The van der Waals surface area contributed by atoms with Crippen LogP contribution in [-0.4, -0.2) is 35.9 Å². The topological polar surface area (TPSA) is 38.8 Å². The Morgan fingerprint density at radius 3 is 2.37 bits per heavy atom. The summed E-state index contributed by atoms with van der Waals surface area (Å²) < 4.78 is 48.0. The van der Waals surface area contributed by atoms with E-state index in [1.807, 2.05) is 13.8 Å². The molecule has 0 aliphatic carbocycles. The Morgan fingerprint density at radius 2 is 1.89 bits per heavy atom. The molecule has 0 spiro atoms. The first-order chi connectivity index (χ1) is 12.3. The second-order valence-corrected chi connectivity index (χ2v) is 7.73. The number of ether oxygens (including phenoxy) is 2. The predicted octanol–water partition coefficient (Wildman–Crippen LogP) is 5.66. The van der Waals surface area contributed by atoms with Gasteiger partial charge in [0.25, 0.3) is 0 Å². The fourth-order valence-corrected chi connectivity index (χ4v) is 2.33. The van der Waals surface area contributed by atoms with Gasteiger partial charge in [0.15, 0.2) is 6.61 Å². The molecule has 0 heterocycles. The molecule has 27 heavy (non-hydrogen) atoms. The van der Waals surface area contributed by atoms with Gasteiger partial charge in [0.05, 0.1) is 6.54 Å². The van der Waals surface area contributed by atoms with Crippen molar-refractivity contribution < 1.29 is 27.4 Å². The minimum Gasteiger partial charge on any atom is -0.484 e. The molecule has 0 atom stereocenters. The van der Waals surface area contributed by atoms with E-state index in [-0.39, 0.29) is 18.2 Å². The van der Waals surface area contributed by atoms with Crippen LogP contribution < -0.4 is 4.74 Å². The summed E-state index contributed by atoms with van der Waals surface area (Å²) in [5, 5.41) is 0. The molecule has 1 aromatic carbocycles. The van der Waals surface area contributed by atoms with Gasteiger partial charge in [-0.1, -0.05) is 32.6 Å². The van der Waals surface area contributed by atoms with Crippen LogP contribution in [0.4, 0.5) is 18.0 Å². The van der Waals surface area contributed by atoms with Crippen molar-refractivity contribution in [2.24, 2.45) is 5.92 Å². The van der Waals surface area contributed by atoms with E-state index in [1.54, 1.807) is 39.0 Å². The molecule has 152 valence electrons. The number of hydrogen-bond acceptors (Lipinski definition) is 3. The fourth-order valence-electron chi connectivity index (χ4n) is 2.33. The number of carbonyl (C=O) groups excluding carboxylic acids is 1. The zero-order valence-corrected chi connectivity index (χ0v) is 16.5. The van der Waals surface area contributed by atoms with Crippen LogP contribution in [0.2, 0.25) is 0 Å². The highest BCUT2D eigenvalue weighted by atomic mass is 19.4. The van der Waals surface area contributed by atoms with E-state index < -0.39 is 24.5 Å². The first kappa shape index (κ1) is 22.9. The zero-order chi connectivity index (χ0) is 20.8. The van der Waals surface area contributed by atoms with Gasteiger partial charge in [-0.15, -0.1) is 0 Å². The van der Waals surface area contributed by atoms with Crippen molar-refractivity contribution in [3.63, 3.8) is 0 Å². The van der Waals surface area contributed by atoms with Crippen molar-refractivity contribution in [1.29, 1.82) is 0 Å². The molecular formula is C20H28F3NO3. The fraction of sp³-hybridized carbons (Fsp3) is 0.550. The van der Waals surface area contributed by atoms with E-state index >= 15 is 0 Å². The van der Waals surface area contributed by atoms with E-state index in [0.717, 1.165) is 5.56 Å². The summed E-state index contributed by atoms with van der Waals surface area (Å²) >= 11 is 0. The molecule has 0 radical (unpaired) electrons. The quantitative estimate of drug-likeness (QED) is 0.606. The maximum absolute atomic E-state index is 12.5. The minimum atomic E-state index is -4.45. The van der Waals surface area contributed by atoms with Crippen molar-refractivity contribution in [3.05, 3.63) is 35.9 Å². The van der Waals surface area contributed by atoms with Crippen molar-refractivity contribution >= 4 is 12.2 Å². The van der Waals surface area contributed by atoms with Gasteiger partial charge in [-0.2, -0.15) is 13.2 Å². The average Bonchev–Trinajstić information content (AvgIpc) is 2.50. The Bertz CT molecular complexity index is 649. The van der Waals surface area contributed by atoms with Crippen LogP contribution >= 0.6 is 0 Å². The Kier molecular flexibility index (Phi) is 7.75. The largest absolute Gasteiger partial charge is 0.484 e. The van der Waals surface area contributed by atoms with E-state index in [1.165, 1.54) is 11.0 Å². The average molecular weight is 387 g/mol. The Hall–Kier alpha value is -2.18. The molecule has 0 unspecified atom stereocenters. The smallest absolute Gasteiger partial charge is 0.422 e. The van der Waals surface area contributed by atoms with Crippen LogP contribution in [0.1, 0.15) is 45.7 Å². The van der Waals surface area contributed by atoms with Gasteiger partial charge in [-0.05, 0) is 44.4 Å². The van der Waals surface area contributed by atoms with Gasteiger partial charge in [0.1, 0.15) is 11.4 Å². The van der Waals surface area contributed by atoms with Crippen LogP contribution in [0, 0.1) is 5.92 Å². The molecule has 1 amide bonds. The molecule has 1 aromatic rings. The summed E-state index contributed by atoms with van der Waals surface area (Å²) in [6, 6.07) is 4.74. The summed E-state index contributed by atoms with van der Waals surface area (Å²) in [5.74, 6) is 0.231. The summed E-state index contributed by atoms with van der Waals surface area (Å²) in [4.78, 5) is 14.0. The van der Waals surface area contributed by atoms with Crippen molar-refractivity contribution in [2.75, 3.05) is 13.2 Å². The van der Waals surface area contributed by atoms with Gasteiger partial charge in [0.2, 0.25) is 0 Å². The normalized spacial score (nSPS) is 12.0. The molecule has 1 rings (SSSR count). The number of amides is 1. The SMILES string of the molecule is C=Cc1ccc(OCC(F)(F)F)c(CN(CC(C)C)C(=O)OC(C)(C)C)c1. The van der Waals surface area contributed by atoms with Crippen LogP contribution in [0.15, 0.2) is 24.8 Å². The molecule has 0 saturated carbocycles. The van der Waals surface area contributed by atoms with Crippen LogP contribution in [0.3, 0.4) is 0 Å². The van der Waals surface area contributed by atoms with Crippen LogP contribution in [-0.2, 0) is 11.3 Å². The highest BCUT2D eigenvalue weighted by Crippen LogP contribution is 2.26. The number of nitrogens with zero attached hydrogens (tertiary/aromatic N) is 1. The molecule has 0 N–H and O–H groups in total. The molecule has 0 bridgehead atoms. The molecule has 7 heteroatoms. The lowest BCUT2D eigenvalue weighted by Gasteiger charge is -2.29. The lowest BCUT2D eigenvalue weighted by molar-refractivity contribution is -0.153. The monoisotopic (exact) mass is 387 g/mol. The van der Waals surface area contributed by atoms with Gasteiger partial charge < -0.3 is 14.4 Å². The highest BCUT2D eigenvalue weighted by molar-refractivity contribution is 5.68. The van der Waals surface area contributed by atoms with Crippen molar-refractivity contribution in [2.45, 2.75) is 52.9 Å². The number of alkyl halides is 3. The second kappa shape index (κ2) is 9.15. The van der Waals surface area contributed by atoms with E-state index in [2.05, 4.69) is 6.58 Å². The van der Waals surface area contributed by atoms with Crippen molar-refractivity contribution in [1.82, 2.24) is 4.90 Å². The molecule has 0 aromatic heterocycles. The van der Waals surface area contributed by atoms with Crippen LogP contribution in [0.25, 0.3) is 6.08 Å². The summed E-state index contributed by atoms with van der Waals surface area (Å²) in [6.45, 7) is 11.9. The van der Waals surface area contributed by atoms with E-state index in [9.17, 15) is 18.0 Å². The van der Waals surface area contributed by atoms with E-state index in [4.69, 9.17) is 9.47 Å². The number of hydrogen-bond donors (Lipinski definition) is 0. The Morgan fingerprint density at radius 1 is 1.26 bits per heavy atom. The van der Waals surface area contributed by atoms with Gasteiger partial charge in [0, 0.05) is 12.1 Å². The number of rotatable bonds is 7. The molecule has 0 aliphatic heterocycles. The third-order valence-corrected chi connectivity index (χ3v) is 3.31. The van der Waals surface area contributed by atoms with Crippen LogP contribution in [0.5, 0.6) is 5.75 Å². The number of carbonyl (C=O) groups is 1. The lowest BCUT2D eigenvalue weighted by atomic mass is 10.1. The molecule has 0 aliphatic rings. The zero-order valence-electron chi connectivity index (χ0n) is 16.5. The predicted molar refractivity (Wildman–Crippen MR) is 99.6 cm³/mol. The number of benzene rings is 1. The molecule has 0 fully saturated rings.